The first-order valence-corrected chi connectivity index (χ1v) is 5.94. The Morgan fingerprint density at radius 2 is 2.29 bits per heavy atom. The summed E-state index contributed by atoms with van der Waals surface area (Å²) in [4.78, 5) is 11.5. The molecule has 17 heavy (non-hydrogen) atoms. The van der Waals surface area contributed by atoms with E-state index in [-0.39, 0.29) is 17.1 Å². The van der Waals surface area contributed by atoms with Gasteiger partial charge in [-0.25, -0.2) is 0 Å². The van der Waals surface area contributed by atoms with Crippen LogP contribution >= 0.6 is 0 Å². The zero-order valence-electron chi connectivity index (χ0n) is 10.3. The molecule has 0 bridgehead atoms. The summed E-state index contributed by atoms with van der Waals surface area (Å²) in [5, 5.41) is 9.60. The molecule has 1 aliphatic rings. The number of rotatable bonds is 2. The minimum Gasteiger partial charge on any atom is -0.508 e. The van der Waals surface area contributed by atoms with Crippen molar-refractivity contribution < 1.29 is 14.6 Å². The molecule has 1 aliphatic carbocycles. The van der Waals surface area contributed by atoms with E-state index < -0.39 is 0 Å². The van der Waals surface area contributed by atoms with Crippen LogP contribution in [0.1, 0.15) is 37.3 Å². The van der Waals surface area contributed by atoms with Crippen LogP contribution < -0.4 is 0 Å². The number of carbonyl (C=O) groups is 1. The molecular formula is C14H18O3. The van der Waals surface area contributed by atoms with Crippen molar-refractivity contribution in [3.63, 3.8) is 0 Å². The van der Waals surface area contributed by atoms with Gasteiger partial charge in [0, 0.05) is 5.41 Å². The highest BCUT2D eigenvalue weighted by molar-refractivity contribution is 5.71. The Kier molecular flexibility index (Phi) is 3.09. The number of phenols is 1. The number of carbonyl (C=O) groups excluding carboxylic acids is 1. The van der Waals surface area contributed by atoms with E-state index in [2.05, 4.69) is 6.92 Å². The lowest BCUT2D eigenvalue weighted by atomic mass is 9.69. The second-order valence-corrected chi connectivity index (χ2v) is 5.01. The molecule has 3 nitrogen and oxygen atoms in total. The lowest BCUT2D eigenvalue weighted by Crippen LogP contribution is -2.30. The number of aryl methyl sites for hydroxylation is 1. The van der Waals surface area contributed by atoms with Crippen LogP contribution in [0.3, 0.4) is 0 Å². The van der Waals surface area contributed by atoms with Gasteiger partial charge in [0.05, 0.1) is 13.5 Å². The van der Waals surface area contributed by atoms with Gasteiger partial charge < -0.3 is 9.84 Å². The Labute approximate surface area is 101 Å². The van der Waals surface area contributed by atoms with Crippen LogP contribution in [0, 0.1) is 0 Å². The van der Waals surface area contributed by atoms with Crippen LogP contribution in [0.15, 0.2) is 18.2 Å². The average Bonchev–Trinajstić information content (AvgIpc) is 2.30. The summed E-state index contributed by atoms with van der Waals surface area (Å²) in [6, 6.07) is 5.46. The lowest BCUT2D eigenvalue weighted by molar-refractivity contribution is -0.142. The van der Waals surface area contributed by atoms with E-state index in [1.54, 1.807) is 12.1 Å². The second kappa shape index (κ2) is 4.40. The van der Waals surface area contributed by atoms with E-state index in [4.69, 9.17) is 4.74 Å². The third-order valence-electron chi connectivity index (χ3n) is 3.68. The van der Waals surface area contributed by atoms with Crippen molar-refractivity contribution in [2.24, 2.45) is 0 Å². The Hall–Kier alpha value is -1.51. The van der Waals surface area contributed by atoms with Crippen LogP contribution in [0.4, 0.5) is 0 Å². The van der Waals surface area contributed by atoms with E-state index >= 15 is 0 Å². The van der Waals surface area contributed by atoms with Gasteiger partial charge in [0.1, 0.15) is 5.75 Å². The molecule has 0 spiro atoms. The molecule has 92 valence electrons. The molecule has 0 aromatic heterocycles. The normalized spacial score (nSPS) is 22.9. The van der Waals surface area contributed by atoms with Crippen LogP contribution in [0.25, 0.3) is 0 Å². The smallest absolute Gasteiger partial charge is 0.306 e. The van der Waals surface area contributed by atoms with Crippen molar-refractivity contribution in [1.29, 1.82) is 0 Å². The molecule has 0 radical (unpaired) electrons. The Balaban J connectivity index is 2.38. The standard InChI is InChI=1S/C14H18O3/c1-14(9-13(16)17-2)7-3-4-10-5-6-11(15)8-12(10)14/h5-6,8,15H,3-4,7,9H2,1-2H3/t14-/m1/s1. The highest BCUT2D eigenvalue weighted by Gasteiger charge is 2.34. The molecular weight excluding hydrogens is 216 g/mol. The minimum absolute atomic E-state index is 0.191. The van der Waals surface area contributed by atoms with Gasteiger partial charge >= 0.3 is 5.97 Å². The van der Waals surface area contributed by atoms with E-state index in [0.29, 0.717) is 6.42 Å². The third kappa shape index (κ3) is 2.28. The van der Waals surface area contributed by atoms with Crippen molar-refractivity contribution in [3.8, 4) is 5.75 Å². The molecule has 1 atom stereocenters. The number of hydrogen-bond acceptors (Lipinski definition) is 3. The second-order valence-electron chi connectivity index (χ2n) is 5.01. The quantitative estimate of drug-likeness (QED) is 0.800. The zero-order chi connectivity index (χ0) is 12.5. The van der Waals surface area contributed by atoms with Gasteiger partial charge in [-0.2, -0.15) is 0 Å². The van der Waals surface area contributed by atoms with Crippen molar-refractivity contribution in [1.82, 2.24) is 0 Å². The summed E-state index contributed by atoms with van der Waals surface area (Å²) in [6.07, 6.45) is 3.43. The molecule has 0 heterocycles. The Morgan fingerprint density at radius 1 is 1.53 bits per heavy atom. The van der Waals surface area contributed by atoms with Gasteiger partial charge in [0.15, 0.2) is 0 Å². The predicted molar refractivity (Wildman–Crippen MR) is 65.0 cm³/mol. The maximum atomic E-state index is 11.5. The fourth-order valence-electron chi connectivity index (χ4n) is 2.72. The predicted octanol–water partition coefficient (Wildman–Crippen LogP) is 2.55. The van der Waals surface area contributed by atoms with Gasteiger partial charge in [-0.05, 0) is 42.5 Å². The number of methoxy groups -OCH3 is 1. The van der Waals surface area contributed by atoms with Crippen LogP contribution in [0.5, 0.6) is 5.75 Å². The molecule has 0 aliphatic heterocycles. The van der Waals surface area contributed by atoms with Crippen LogP contribution in [0.2, 0.25) is 0 Å². The van der Waals surface area contributed by atoms with E-state index in [1.165, 1.54) is 12.7 Å². The van der Waals surface area contributed by atoms with Gasteiger partial charge in [-0.15, -0.1) is 0 Å². The number of phenolic OH excluding ortho intramolecular Hbond substituents is 1. The van der Waals surface area contributed by atoms with Gasteiger partial charge in [0.25, 0.3) is 0 Å². The van der Waals surface area contributed by atoms with Crippen molar-refractivity contribution >= 4 is 5.97 Å². The van der Waals surface area contributed by atoms with Crippen LogP contribution in [-0.4, -0.2) is 18.2 Å². The fraction of sp³-hybridized carbons (Fsp3) is 0.500. The molecule has 3 heteroatoms. The number of hydrogen-bond donors (Lipinski definition) is 1. The van der Waals surface area contributed by atoms with Crippen molar-refractivity contribution in [2.45, 2.75) is 38.0 Å². The topological polar surface area (TPSA) is 46.5 Å². The van der Waals surface area contributed by atoms with E-state index in [1.807, 2.05) is 6.07 Å². The monoisotopic (exact) mass is 234 g/mol. The highest BCUT2D eigenvalue weighted by Crippen LogP contribution is 2.41. The summed E-state index contributed by atoms with van der Waals surface area (Å²) in [7, 11) is 1.41. The minimum atomic E-state index is -0.209. The number of aromatic hydroxyl groups is 1. The first kappa shape index (κ1) is 12.0. The lowest BCUT2D eigenvalue weighted by Gasteiger charge is -2.35. The SMILES string of the molecule is COC(=O)C[C@@]1(C)CCCc2ccc(O)cc21. The number of fused-ring (bicyclic) bond motifs is 1. The molecule has 0 amide bonds. The molecule has 1 aromatic rings. The largest absolute Gasteiger partial charge is 0.508 e. The number of ether oxygens (including phenoxy) is 1. The summed E-state index contributed by atoms with van der Waals surface area (Å²) in [6.45, 7) is 2.07. The molecule has 1 aromatic carbocycles. The van der Waals surface area contributed by atoms with E-state index in [0.717, 1.165) is 24.8 Å². The van der Waals surface area contributed by atoms with Crippen molar-refractivity contribution in [3.05, 3.63) is 29.3 Å². The first-order chi connectivity index (χ1) is 8.05. The molecule has 0 saturated carbocycles. The Bertz CT molecular complexity index is 439. The molecule has 0 fully saturated rings. The summed E-state index contributed by atoms with van der Waals surface area (Å²) >= 11 is 0. The molecule has 0 saturated heterocycles. The number of benzene rings is 1. The van der Waals surface area contributed by atoms with Gasteiger partial charge in [-0.1, -0.05) is 13.0 Å². The molecule has 2 rings (SSSR count). The number of esters is 1. The Morgan fingerprint density at radius 3 is 3.00 bits per heavy atom. The molecule has 1 N–H and O–H groups in total. The third-order valence-corrected chi connectivity index (χ3v) is 3.68. The summed E-state index contributed by atoms with van der Waals surface area (Å²) in [5.74, 6) is 0.0745. The maximum Gasteiger partial charge on any atom is 0.306 e. The summed E-state index contributed by atoms with van der Waals surface area (Å²) < 4.78 is 4.76. The van der Waals surface area contributed by atoms with E-state index in [9.17, 15) is 9.90 Å². The van der Waals surface area contributed by atoms with Gasteiger partial charge in [-0.3, -0.25) is 4.79 Å². The maximum absolute atomic E-state index is 11.5. The average molecular weight is 234 g/mol. The van der Waals surface area contributed by atoms with Gasteiger partial charge in [0.2, 0.25) is 0 Å². The highest BCUT2D eigenvalue weighted by atomic mass is 16.5. The fourth-order valence-corrected chi connectivity index (χ4v) is 2.72. The summed E-state index contributed by atoms with van der Waals surface area (Å²) in [5.41, 5.74) is 2.12. The first-order valence-electron chi connectivity index (χ1n) is 5.94. The van der Waals surface area contributed by atoms with Crippen molar-refractivity contribution in [2.75, 3.05) is 7.11 Å². The zero-order valence-corrected chi connectivity index (χ0v) is 10.3. The van der Waals surface area contributed by atoms with Crippen LogP contribution in [-0.2, 0) is 21.4 Å². The molecule has 0 unspecified atom stereocenters.